The van der Waals surface area contributed by atoms with E-state index in [0.29, 0.717) is 23.0 Å². The molecule has 0 radical (unpaired) electrons. The molecule has 1 amide bonds. The molecule has 196 valence electrons. The molecule has 0 fully saturated rings. The smallest absolute Gasteiger partial charge is 0.288 e. The van der Waals surface area contributed by atoms with Gasteiger partial charge in [0.2, 0.25) is 6.29 Å². The third-order valence-electron chi connectivity index (χ3n) is 6.31. The van der Waals surface area contributed by atoms with Crippen molar-refractivity contribution in [2.45, 2.75) is 38.1 Å². The van der Waals surface area contributed by atoms with Gasteiger partial charge < -0.3 is 33.4 Å². The highest BCUT2D eigenvalue weighted by Gasteiger charge is 2.32. The van der Waals surface area contributed by atoms with Gasteiger partial charge in [-0.15, -0.1) is 0 Å². The summed E-state index contributed by atoms with van der Waals surface area (Å²) in [5, 5.41) is 9.72. The maximum absolute atomic E-state index is 13.3. The van der Waals surface area contributed by atoms with E-state index in [4.69, 9.17) is 23.4 Å². The van der Waals surface area contributed by atoms with Gasteiger partial charge in [-0.3, -0.25) is 9.59 Å². The Morgan fingerprint density at radius 2 is 1.81 bits per heavy atom. The molecule has 0 saturated heterocycles. The van der Waals surface area contributed by atoms with E-state index in [9.17, 15) is 14.7 Å². The van der Waals surface area contributed by atoms with Crippen LogP contribution in [0.5, 0.6) is 0 Å². The number of rotatable bonds is 10. The van der Waals surface area contributed by atoms with Crippen LogP contribution in [0, 0.1) is 0 Å². The molecule has 9 nitrogen and oxygen atoms in total. The first-order chi connectivity index (χ1) is 17.9. The van der Waals surface area contributed by atoms with Gasteiger partial charge in [0.15, 0.2) is 17.5 Å². The van der Waals surface area contributed by atoms with E-state index in [1.807, 2.05) is 24.3 Å². The topological polar surface area (TPSA) is 108 Å². The minimum Gasteiger partial charge on any atom is -0.464 e. The normalized spacial score (nSPS) is 17.5. The minimum atomic E-state index is -0.786. The summed E-state index contributed by atoms with van der Waals surface area (Å²) in [4.78, 5) is 28.0. The standard InChI is InChI=1S/C28H31NO8/c1-29(14-26(33-2)34-3)28(32)24-12-20(22-17-35-23-7-5-4-6-21(23)27(22)31)13-25(37-24)36-16-19-10-8-18(15-30)9-11-19/h4-12,17,20,25-26,30H,13-16H2,1-3H3/t20-,25+/m1/s1. The van der Waals surface area contributed by atoms with Crippen LogP contribution in [-0.4, -0.2) is 56.3 Å². The number of amides is 1. The summed E-state index contributed by atoms with van der Waals surface area (Å²) in [6.45, 7) is 0.361. The Morgan fingerprint density at radius 3 is 2.51 bits per heavy atom. The second-order valence-corrected chi connectivity index (χ2v) is 8.81. The molecule has 0 spiro atoms. The van der Waals surface area contributed by atoms with Crippen molar-refractivity contribution in [2.75, 3.05) is 27.8 Å². The third kappa shape index (κ3) is 6.26. The Labute approximate surface area is 214 Å². The van der Waals surface area contributed by atoms with Gasteiger partial charge in [-0.05, 0) is 29.3 Å². The van der Waals surface area contributed by atoms with E-state index in [1.54, 1.807) is 37.4 Å². The van der Waals surface area contributed by atoms with Gasteiger partial charge in [0, 0.05) is 39.2 Å². The summed E-state index contributed by atoms with van der Waals surface area (Å²) >= 11 is 0. The van der Waals surface area contributed by atoms with Gasteiger partial charge in [-0.25, -0.2) is 0 Å². The van der Waals surface area contributed by atoms with Crippen LogP contribution in [0.3, 0.4) is 0 Å². The number of hydrogen-bond acceptors (Lipinski definition) is 8. The van der Waals surface area contributed by atoms with Crippen LogP contribution in [0.1, 0.15) is 29.0 Å². The number of carbonyl (C=O) groups is 1. The zero-order valence-electron chi connectivity index (χ0n) is 21.1. The molecule has 9 heteroatoms. The molecule has 4 rings (SSSR count). The number of aliphatic hydroxyl groups is 1. The van der Waals surface area contributed by atoms with Gasteiger partial charge in [0.05, 0.1) is 31.4 Å². The number of allylic oxidation sites excluding steroid dienone is 1. The van der Waals surface area contributed by atoms with Crippen LogP contribution in [0.4, 0.5) is 0 Å². The Kier molecular flexibility index (Phi) is 8.73. The maximum atomic E-state index is 13.3. The molecule has 1 aliphatic rings. The fourth-order valence-corrected chi connectivity index (χ4v) is 4.15. The second-order valence-electron chi connectivity index (χ2n) is 8.81. The molecule has 0 aliphatic carbocycles. The Hall–Kier alpha value is -3.50. The second kappa shape index (κ2) is 12.2. The van der Waals surface area contributed by atoms with Crippen LogP contribution in [-0.2, 0) is 37.0 Å². The number of para-hydroxylation sites is 1. The molecule has 2 aromatic carbocycles. The van der Waals surface area contributed by atoms with Gasteiger partial charge in [0.1, 0.15) is 5.58 Å². The lowest BCUT2D eigenvalue weighted by Crippen LogP contribution is -2.39. The van der Waals surface area contributed by atoms with Crippen molar-refractivity contribution in [3.63, 3.8) is 0 Å². The summed E-state index contributed by atoms with van der Waals surface area (Å²) in [6, 6.07) is 14.4. The number of carbonyl (C=O) groups excluding carboxylic acids is 1. The summed E-state index contributed by atoms with van der Waals surface area (Å²) < 4.78 is 28.1. The number of fused-ring (bicyclic) bond motifs is 1. The highest BCUT2D eigenvalue weighted by molar-refractivity contribution is 5.91. The summed E-state index contributed by atoms with van der Waals surface area (Å²) in [5.41, 5.74) is 2.42. The number of likely N-dealkylation sites (N-methyl/N-ethyl adjacent to an activating group) is 1. The predicted molar refractivity (Wildman–Crippen MR) is 135 cm³/mol. The highest BCUT2D eigenvalue weighted by atomic mass is 16.7. The SMILES string of the molecule is COC(CN(C)C(=O)C1=C[C@@H](c2coc3ccccc3c2=O)C[C@@H](OCc2ccc(CO)cc2)O1)OC. The Bertz CT molecular complexity index is 1300. The summed E-state index contributed by atoms with van der Waals surface area (Å²) in [5.74, 6) is -0.794. The largest absolute Gasteiger partial charge is 0.464 e. The maximum Gasteiger partial charge on any atom is 0.288 e. The van der Waals surface area contributed by atoms with Crippen molar-refractivity contribution in [3.05, 3.63) is 93.5 Å². The third-order valence-corrected chi connectivity index (χ3v) is 6.31. The van der Waals surface area contributed by atoms with E-state index >= 15 is 0 Å². The van der Waals surface area contributed by atoms with Gasteiger partial charge in [-0.1, -0.05) is 36.4 Å². The fraction of sp³-hybridized carbons (Fsp3) is 0.357. The van der Waals surface area contributed by atoms with E-state index in [1.165, 1.54) is 25.4 Å². The quantitative estimate of drug-likeness (QED) is 0.415. The molecular weight excluding hydrogens is 478 g/mol. The average molecular weight is 510 g/mol. The van der Waals surface area contributed by atoms with Crippen LogP contribution >= 0.6 is 0 Å². The lowest BCUT2D eigenvalue weighted by Gasteiger charge is -2.31. The van der Waals surface area contributed by atoms with Crippen LogP contribution in [0.2, 0.25) is 0 Å². The van der Waals surface area contributed by atoms with E-state index < -0.39 is 24.4 Å². The Balaban J connectivity index is 1.60. The molecule has 2 atom stereocenters. The van der Waals surface area contributed by atoms with Gasteiger partial charge >= 0.3 is 0 Å². The molecular formula is C28H31NO8. The molecule has 0 bridgehead atoms. The van der Waals surface area contributed by atoms with Crippen molar-refractivity contribution in [3.8, 4) is 0 Å². The Morgan fingerprint density at radius 1 is 1.11 bits per heavy atom. The lowest BCUT2D eigenvalue weighted by molar-refractivity contribution is -0.160. The molecule has 0 saturated carbocycles. The fourth-order valence-electron chi connectivity index (χ4n) is 4.15. The van der Waals surface area contributed by atoms with E-state index in [-0.39, 0.29) is 30.9 Å². The molecule has 2 heterocycles. The van der Waals surface area contributed by atoms with Crippen molar-refractivity contribution < 1.29 is 33.3 Å². The summed E-state index contributed by atoms with van der Waals surface area (Å²) in [6.07, 6.45) is 2.02. The highest BCUT2D eigenvalue weighted by Crippen LogP contribution is 2.32. The molecule has 1 aromatic heterocycles. The first-order valence-electron chi connectivity index (χ1n) is 11.9. The van der Waals surface area contributed by atoms with Gasteiger partial charge in [0.25, 0.3) is 5.91 Å². The number of nitrogens with zero attached hydrogens (tertiary/aromatic N) is 1. The zero-order chi connectivity index (χ0) is 26.4. The number of ether oxygens (including phenoxy) is 4. The van der Waals surface area contributed by atoms with Crippen molar-refractivity contribution >= 4 is 16.9 Å². The molecule has 1 aliphatic heterocycles. The molecule has 37 heavy (non-hydrogen) atoms. The number of benzene rings is 2. The molecule has 0 unspecified atom stereocenters. The summed E-state index contributed by atoms with van der Waals surface area (Å²) in [7, 11) is 4.61. The molecule has 3 aromatic rings. The van der Waals surface area contributed by atoms with E-state index in [2.05, 4.69) is 0 Å². The van der Waals surface area contributed by atoms with E-state index in [0.717, 1.165) is 11.1 Å². The van der Waals surface area contributed by atoms with Crippen molar-refractivity contribution in [1.82, 2.24) is 4.90 Å². The first-order valence-corrected chi connectivity index (χ1v) is 11.9. The first kappa shape index (κ1) is 26.6. The van der Waals surface area contributed by atoms with Gasteiger partial charge in [-0.2, -0.15) is 0 Å². The average Bonchev–Trinajstić information content (AvgIpc) is 2.94. The lowest BCUT2D eigenvalue weighted by atomic mass is 9.93. The van der Waals surface area contributed by atoms with Crippen LogP contribution in [0.15, 0.2) is 75.8 Å². The monoisotopic (exact) mass is 509 g/mol. The zero-order valence-corrected chi connectivity index (χ0v) is 21.1. The van der Waals surface area contributed by atoms with Crippen LogP contribution in [0.25, 0.3) is 11.0 Å². The minimum absolute atomic E-state index is 0.0420. The van der Waals surface area contributed by atoms with Crippen molar-refractivity contribution in [1.29, 1.82) is 0 Å². The number of hydrogen-bond donors (Lipinski definition) is 1. The predicted octanol–water partition coefficient (Wildman–Crippen LogP) is 3.29. The van der Waals surface area contributed by atoms with Crippen LogP contribution < -0.4 is 5.43 Å². The molecule has 1 N–H and O–H groups in total. The number of methoxy groups -OCH3 is 2. The number of aliphatic hydroxyl groups excluding tert-OH is 1. The van der Waals surface area contributed by atoms with Crippen molar-refractivity contribution in [2.24, 2.45) is 0 Å².